The molecule has 0 unspecified atom stereocenters. The quantitative estimate of drug-likeness (QED) is 0.523. The SMILES string of the molecule is Fc1cc2nc(CCCl)n(Cc3ccc(Cl)s3)c2cc1Br. The first-order valence-electron chi connectivity index (χ1n) is 6.23. The Morgan fingerprint density at radius 1 is 1.33 bits per heavy atom. The van der Waals surface area contributed by atoms with Crippen LogP contribution < -0.4 is 0 Å². The van der Waals surface area contributed by atoms with Gasteiger partial charge >= 0.3 is 0 Å². The molecule has 110 valence electrons. The van der Waals surface area contributed by atoms with Gasteiger partial charge in [0.05, 0.1) is 26.4 Å². The molecule has 0 spiro atoms. The summed E-state index contributed by atoms with van der Waals surface area (Å²) in [7, 11) is 0. The number of rotatable bonds is 4. The maximum Gasteiger partial charge on any atom is 0.139 e. The Morgan fingerprint density at radius 2 is 2.14 bits per heavy atom. The minimum atomic E-state index is -0.316. The van der Waals surface area contributed by atoms with Crippen molar-refractivity contribution >= 4 is 61.5 Å². The fraction of sp³-hybridized carbons (Fsp3) is 0.214. The smallest absolute Gasteiger partial charge is 0.139 e. The van der Waals surface area contributed by atoms with Crippen molar-refractivity contribution in [3.63, 3.8) is 0 Å². The van der Waals surface area contributed by atoms with Crippen LogP contribution in [0.1, 0.15) is 10.7 Å². The number of nitrogens with zero attached hydrogens (tertiary/aromatic N) is 2. The molecule has 0 fully saturated rings. The maximum atomic E-state index is 13.7. The number of thiophene rings is 1. The molecular formula is C14H10BrCl2FN2S. The zero-order chi connectivity index (χ0) is 15.0. The van der Waals surface area contributed by atoms with E-state index in [1.54, 1.807) is 6.07 Å². The summed E-state index contributed by atoms with van der Waals surface area (Å²) in [4.78, 5) is 5.62. The van der Waals surface area contributed by atoms with Crippen LogP contribution in [0.25, 0.3) is 11.0 Å². The van der Waals surface area contributed by atoms with Gasteiger partial charge in [0.15, 0.2) is 0 Å². The zero-order valence-electron chi connectivity index (χ0n) is 10.7. The van der Waals surface area contributed by atoms with Crippen molar-refractivity contribution in [1.82, 2.24) is 9.55 Å². The monoisotopic (exact) mass is 406 g/mol. The van der Waals surface area contributed by atoms with E-state index in [4.69, 9.17) is 23.2 Å². The molecule has 21 heavy (non-hydrogen) atoms. The number of aromatic nitrogens is 2. The number of alkyl halides is 1. The lowest BCUT2D eigenvalue weighted by molar-refractivity contribution is 0.622. The van der Waals surface area contributed by atoms with Crippen LogP contribution in [-0.4, -0.2) is 15.4 Å². The lowest BCUT2D eigenvalue weighted by Crippen LogP contribution is -2.05. The molecule has 0 amide bonds. The second-order valence-corrected chi connectivity index (χ2v) is 7.55. The molecule has 0 saturated carbocycles. The first kappa shape index (κ1) is 15.3. The molecule has 0 aliphatic heterocycles. The van der Waals surface area contributed by atoms with Gasteiger partial charge in [-0.3, -0.25) is 0 Å². The Hall–Kier alpha value is -0.620. The topological polar surface area (TPSA) is 17.8 Å². The molecule has 0 bridgehead atoms. The molecule has 1 aromatic carbocycles. The molecule has 3 rings (SSSR count). The second-order valence-electron chi connectivity index (χ2n) is 4.51. The molecular weight excluding hydrogens is 398 g/mol. The minimum Gasteiger partial charge on any atom is -0.323 e. The summed E-state index contributed by atoms with van der Waals surface area (Å²) in [6.07, 6.45) is 0.634. The third-order valence-corrected chi connectivity index (χ3v) is 5.14. The molecule has 3 aromatic rings. The summed E-state index contributed by atoms with van der Waals surface area (Å²) in [5.41, 5.74) is 1.52. The van der Waals surface area contributed by atoms with E-state index in [0.717, 1.165) is 20.6 Å². The van der Waals surface area contributed by atoms with Gasteiger partial charge in [0.1, 0.15) is 11.6 Å². The van der Waals surface area contributed by atoms with E-state index in [1.807, 2.05) is 12.1 Å². The lowest BCUT2D eigenvalue weighted by Gasteiger charge is -2.07. The van der Waals surface area contributed by atoms with Gasteiger partial charge in [-0.25, -0.2) is 9.37 Å². The molecule has 0 aliphatic carbocycles. The van der Waals surface area contributed by atoms with Crippen LogP contribution in [0, 0.1) is 5.82 Å². The molecule has 0 atom stereocenters. The van der Waals surface area contributed by atoms with Crippen LogP contribution in [-0.2, 0) is 13.0 Å². The highest BCUT2D eigenvalue weighted by Crippen LogP contribution is 2.28. The summed E-state index contributed by atoms with van der Waals surface area (Å²) in [5, 5.41) is 0. The van der Waals surface area contributed by atoms with Gasteiger partial charge < -0.3 is 4.57 Å². The van der Waals surface area contributed by atoms with Crippen molar-refractivity contribution in [2.75, 3.05) is 5.88 Å². The van der Waals surface area contributed by atoms with Gasteiger partial charge in [-0.1, -0.05) is 11.6 Å². The lowest BCUT2D eigenvalue weighted by atomic mass is 10.3. The van der Waals surface area contributed by atoms with Crippen molar-refractivity contribution in [2.45, 2.75) is 13.0 Å². The van der Waals surface area contributed by atoms with Crippen LogP contribution in [0.5, 0.6) is 0 Å². The summed E-state index contributed by atoms with van der Waals surface area (Å²) in [6, 6.07) is 7.05. The molecule has 7 heteroatoms. The molecule has 2 heterocycles. The van der Waals surface area contributed by atoms with E-state index in [1.165, 1.54) is 17.4 Å². The molecule has 0 N–H and O–H groups in total. The van der Waals surface area contributed by atoms with Gasteiger partial charge in [0.2, 0.25) is 0 Å². The third-order valence-electron chi connectivity index (χ3n) is 3.13. The van der Waals surface area contributed by atoms with E-state index >= 15 is 0 Å². The van der Waals surface area contributed by atoms with Crippen molar-refractivity contribution < 1.29 is 4.39 Å². The normalized spacial score (nSPS) is 11.4. The van der Waals surface area contributed by atoms with Crippen molar-refractivity contribution in [1.29, 1.82) is 0 Å². The standard InChI is InChI=1S/C14H10BrCl2FN2S/c15-9-5-12-11(6-10(9)18)19-14(3-4-16)20(12)7-8-1-2-13(17)21-8/h1-2,5-6H,3-4,7H2. The number of fused-ring (bicyclic) bond motifs is 1. The van der Waals surface area contributed by atoms with E-state index < -0.39 is 0 Å². The highest BCUT2D eigenvalue weighted by molar-refractivity contribution is 9.10. The van der Waals surface area contributed by atoms with Gasteiger partial charge in [0.25, 0.3) is 0 Å². The number of halogens is 4. The largest absolute Gasteiger partial charge is 0.323 e. The van der Waals surface area contributed by atoms with Crippen molar-refractivity contribution in [3.8, 4) is 0 Å². The average molecular weight is 408 g/mol. The summed E-state index contributed by atoms with van der Waals surface area (Å²) in [5.74, 6) is 1.00. The van der Waals surface area contributed by atoms with E-state index in [2.05, 4.69) is 25.5 Å². The van der Waals surface area contributed by atoms with Crippen molar-refractivity contribution in [3.05, 3.63) is 49.6 Å². The summed E-state index contributed by atoms with van der Waals surface area (Å²) >= 11 is 16.6. The first-order valence-corrected chi connectivity index (χ1v) is 8.75. The minimum absolute atomic E-state index is 0.316. The number of imidazole rings is 1. The highest BCUT2D eigenvalue weighted by Gasteiger charge is 2.14. The third kappa shape index (κ3) is 3.11. The number of benzene rings is 1. The van der Waals surface area contributed by atoms with E-state index in [-0.39, 0.29) is 5.82 Å². The van der Waals surface area contributed by atoms with Crippen LogP contribution in [0.2, 0.25) is 4.34 Å². The van der Waals surface area contributed by atoms with Gasteiger partial charge in [-0.15, -0.1) is 22.9 Å². The summed E-state index contributed by atoms with van der Waals surface area (Å²) in [6.45, 7) is 0.651. The molecule has 0 saturated heterocycles. The maximum absolute atomic E-state index is 13.7. The Kier molecular flexibility index (Phi) is 4.54. The average Bonchev–Trinajstić information content (AvgIpc) is 2.97. The molecule has 2 nitrogen and oxygen atoms in total. The van der Waals surface area contributed by atoms with Crippen LogP contribution in [0.3, 0.4) is 0 Å². The van der Waals surface area contributed by atoms with Gasteiger partial charge in [-0.05, 0) is 34.1 Å². The zero-order valence-corrected chi connectivity index (χ0v) is 14.7. The Labute approximate surface area is 143 Å². The fourth-order valence-corrected chi connectivity index (χ4v) is 3.79. The first-order chi connectivity index (χ1) is 10.1. The second kappa shape index (κ2) is 6.24. The van der Waals surface area contributed by atoms with Crippen LogP contribution >= 0.6 is 50.5 Å². The molecule has 2 aromatic heterocycles. The van der Waals surface area contributed by atoms with E-state index in [9.17, 15) is 4.39 Å². The van der Waals surface area contributed by atoms with Crippen molar-refractivity contribution in [2.24, 2.45) is 0 Å². The van der Waals surface area contributed by atoms with Gasteiger partial charge in [-0.2, -0.15) is 0 Å². The molecule has 0 aliphatic rings. The Bertz CT molecular complexity index is 800. The highest BCUT2D eigenvalue weighted by atomic mass is 79.9. The summed E-state index contributed by atoms with van der Waals surface area (Å²) < 4.78 is 16.9. The van der Waals surface area contributed by atoms with Crippen LogP contribution in [0.15, 0.2) is 28.7 Å². The predicted octanol–water partition coefficient (Wildman–Crippen LogP) is 5.48. The van der Waals surface area contributed by atoms with E-state index in [0.29, 0.717) is 28.8 Å². The number of hydrogen-bond acceptors (Lipinski definition) is 2. The number of hydrogen-bond donors (Lipinski definition) is 0. The van der Waals surface area contributed by atoms with Crippen LogP contribution in [0.4, 0.5) is 4.39 Å². The Balaban J connectivity index is 2.12. The Morgan fingerprint density at radius 3 is 2.81 bits per heavy atom. The molecule has 0 radical (unpaired) electrons. The number of aryl methyl sites for hydroxylation is 1. The predicted molar refractivity (Wildman–Crippen MR) is 90.2 cm³/mol. The fourth-order valence-electron chi connectivity index (χ4n) is 2.21. The van der Waals surface area contributed by atoms with Gasteiger partial charge in [0, 0.05) is 23.2 Å².